The number of aliphatic carboxylic acids is 2. The summed E-state index contributed by atoms with van der Waals surface area (Å²) in [5, 5.41) is 25.4. The lowest BCUT2D eigenvalue weighted by Gasteiger charge is -2.32. The normalized spacial score (nSPS) is 18.5. The van der Waals surface area contributed by atoms with Gasteiger partial charge in [-0.05, 0) is 50.8 Å². The van der Waals surface area contributed by atoms with Crippen LogP contribution in [0, 0.1) is 0 Å². The van der Waals surface area contributed by atoms with Crippen LogP contribution in [0.3, 0.4) is 0 Å². The summed E-state index contributed by atoms with van der Waals surface area (Å²) in [7, 11) is 5.58. The number of aliphatic hydroxyl groups is 1. The number of likely N-dealkylation sites (N-methyl/N-ethyl adjacent to an activating group) is 1. The Labute approximate surface area is 196 Å². The minimum atomic E-state index is -1.82. The number of nitrogens with zero attached hydrogens (tertiary/aromatic N) is 2. The number of ether oxygens (including phenoxy) is 1. The molecule has 3 unspecified atom stereocenters. The van der Waals surface area contributed by atoms with Crippen molar-refractivity contribution in [2.75, 3.05) is 32.6 Å². The Morgan fingerprint density at radius 2 is 1.67 bits per heavy atom. The lowest BCUT2D eigenvalue weighted by Crippen LogP contribution is -2.48. The summed E-state index contributed by atoms with van der Waals surface area (Å²) in [6.45, 7) is 2.73. The molecule has 0 saturated heterocycles. The van der Waals surface area contributed by atoms with E-state index in [-0.39, 0.29) is 17.2 Å². The van der Waals surface area contributed by atoms with Crippen molar-refractivity contribution in [2.24, 2.45) is 0 Å². The number of aliphatic hydroxyl groups excluding tert-OH is 1. The van der Waals surface area contributed by atoms with Gasteiger partial charge in [0.15, 0.2) is 0 Å². The Hall–Kier alpha value is -3.08. The maximum absolute atomic E-state index is 13.3. The van der Waals surface area contributed by atoms with Gasteiger partial charge in [-0.1, -0.05) is 24.3 Å². The molecule has 3 atom stereocenters. The van der Waals surface area contributed by atoms with Crippen molar-refractivity contribution in [3.63, 3.8) is 0 Å². The Morgan fingerprint density at radius 1 is 1.09 bits per heavy atom. The number of benzene rings is 2. The summed E-state index contributed by atoms with van der Waals surface area (Å²) < 4.78 is 5.22. The first-order valence-electron chi connectivity index (χ1n) is 10.1. The molecular formula is C23H28N2O7S. The Morgan fingerprint density at radius 3 is 2.18 bits per heavy atom. The number of carbonyl (C=O) groups is 3. The van der Waals surface area contributed by atoms with E-state index in [9.17, 15) is 9.90 Å². The van der Waals surface area contributed by atoms with E-state index in [2.05, 4.69) is 0 Å². The molecule has 178 valence electrons. The first-order chi connectivity index (χ1) is 15.6. The Bertz CT molecular complexity index is 969. The molecule has 1 aliphatic rings. The van der Waals surface area contributed by atoms with Crippen molar-refractivity contribution in [3.05, 3.63) is 54.1 Å². The molecule has 0 bridgehead atoms. The fraction of sp³-hybridized carbons (Fsp3) is 0.348. The van der Waals surface area contributed by atoms with Gasteiger partial charge < -0.3 is 29.9 Å². The third-order valence-corrected chi connectivity index (χ3v) is 6.24. The van der Waals surface area contributed by atoms with Crippen molar-refractivity contribution in [2.45, 2.75) is 29.2 Å². The van der Waals surface area contributed by atoms with Crippen LogP contribution in [0.25, 0.3) is 0 Å². The number of carboxylic acids is 2. The number of methoxy groups -OCH3 is 1. The molecule has 1 amide bonds. The SMILES string of the molecule is COc1ccc(C2Sc3ccccc3N(C(C)CN(C)C)C(=O)C2O)cc1.O=C(O)C(=O)O. The number of rotatable bonds is 5. The van der Waals surface area contributed by atoms with Crippen LogP contribution in [-0.4, -0.2) is 78.0 Å². The van der Waals surface area contributed by atoms with Crippen molar-refractivity contribution in [1.29, 1.82) is 0 Å². The van der Waals surface area contributed by atoms with Crippen LogP contribution in [0.1, 0.15) is 17.7 Å². The number of hydrogen-bond donors (Lipinski definition) is 3. The van der Waals surface area contributed by atoms with Crippen molar-refractivity contribution in [3.8, 4) is 5.75 Å². The Balaban J connectivity index is 0.000000569. The molecule has 1 aliphatic heterocycles. The summed E-state index contributed by atoms with van der Waals surface area (Å²) in [6.07, 6.45) is -1.12. The number of fused-ring (bicyclic) bond motifs is 1. The first kappa shape index (κ1) is 26.2. The second kappa shape index (κ2) is 11.7. The summed E-state index contributed by atoms with van der Waals surface area (Å²) in [4.78, 5) is 36.2. The fourth-order valence-electron chi connectivity index (χ4n) is 3.46. The molecule has 3 N–H and O–H groups in total. The molecule has 0 radical (unpaired) electrons. The number of amides is 1. The third kappa shape index (κ3) is 6.70. The summed E-state index contributed by atoms with van der Waals surface area (Å²) in [5.41, 5.74) is 1.76. The summed E-state index contributed by atoms with van der Waals surface area (Å²) >= 11 is 1.53. The van der Waals surface area contributed by atoms with Gasteiger partial charge in [0.05, 0.1) is 18.0 Å². The quantitative estimate of drug-likeness (QED) is 0.557. The number of para-hydroxylation sites is 1. The van der Waals surface area contributed by atoms with Gasteiger partial charge in [0.2, 0.25) is 0 Å². The van der Waals surface area contributed by atoms with E-state index in [1.807, 2.05) is 74.4 Å². The first-order valence-corrected chi connectivity index (χ1v) is 11.0. The molecule has 0 aromatic heterocycles. The second-order valence-electron chi connectivity index (χ2n) is 7.65. The highest BCUT2D eigenvalue weighted by atomic mass is 32.2. The number of carboxylic acid groups (broad SMARTS) is 2. The van der Waals surface area contributed by atoms with Gasteiger partial charge >= 0.3 is 11.9 Å². The fourth-order valence-corrected chi connectivity index (χ4v) is 4.71. The number of carbonyl (C=O) groups excluding carboxylic acids is 1. The minimum Gasteiger partial charge on any atom is -0.497 e. The molecule has 10 heteroatoms. The van der Waals surface area contributed by atoms with Gasteiger partial charge in [-0.2, -0.15) is 0 Å². The van der Waals surface area contributed by atoms with Crippen LogP contribution in [-0.2, 0) is 14.4 Å². The van der Waals surface area contributed by atoms with Crippen LogP contribution < -0.4 is 9.64 Å². The topological polar surface area (TPSA) is 128 Å². The molecule has 2 aromatic carbocycles. The van der Waals surface area contributed by atoms with E-state index in [0.717, 1.165) is 21.9 Å². The minimum absolute atomic E-state index is 0.0569. The molecule has 0 aliphatic carbocycles. The van der Waals surface area contributed by atoms with Crippen molar-refractivity contribution in [1.82, 2.24) is 4.90 Å². The highest BCUT2D eigenvalue weighted by Crippen LogP contribution is 2.46. The zero-order chi connectivity index (χ0) is 24.7. The maximum Gasteiger partial charge on any atom is 0.414 e. The lowest BCUT2D eigenvalue weighted by atomic mass is 10.0. The highest BCUT2D eigenvalue weighted by Gasteiger charge is 2.39. The highest BCUT2D eigenvalue weighted by molar-refractivity contribution is 7.99. The van der Waals surface area contributed by atoms with E-state index in [1.165, 1.54) is 11.8 Å². The predicted molar refractivity (Wildman–Crippen MR) is 125 cm³/mol. The summed E-state index contributed by atoms with van der Waals surface area (Å²) in [5.74, 6) is -3.16. The van der Waals surface area contributed by atoms with Crippen LogP contribution in [0.5, 0.6) is 5.75 Å². The number of hydrogen-bond acceptors (Lipinski definition) is 7. The van der Waals surface area contributed by atoms with Gasteiger partial charge in [0.1, 0.15) is 11.9 Å². The smallest absolute Gasteiger partial charge is 0.414 e. The maximum atomic E-state index is 13.3. The molecule has 0 saturated carbocycles. The molecule has 2 aromatic rings. The summed E-state index contributed by atoms with van der Waals surface area (Å²) in [6, 6.07) is 15.3. The molecule has 1 heterocycles. The number of anilines is 1. The van der Waals surface area contributed by atoms with Gasteiger partial charge in [-0.25, -0.2) is 9.59 Å². The molecule has 9 nitrogen and oxygen atoms in total. The number of thioether (sulfide) groups is 1. The largest absolute Gasteiger partial charge is 0.497 e. The van der Waals surface area contributed by atoms with Gasteiger partial charge in [-0.3, -0.25) is 4.79 Å². The molecular weight excluding hydrogens is 448 g/mol. The average molecular weight is 477 g/mol. The third-order valence-electron chi connectivity index (χ3n) is 4.85. The van der Waals surface area contributed by atoms with Gasteiger partial charge in [-0.15, -0.1) is 11.8 Å². The molecule has 3 rings (SSSR count). The van der Waals surface area contributed by atoms with E-state index in [0.29, 0.717) is 6.54 Å². The zero-order valence-electron chi connectivity index (χ0n) is 18.8. The molecule has 0 fully saturated rings. The predicted octanol–water partition coefficient (Wildman–Crippen LogP) is 2.34. The lowest BCUT2D eigenvalue weighted by molar-refractivity contribution is -0.159. The zero-order valence-corrected chi connectivity index (χ0v) is 19.7. The monoisotopic (exact) mass is 476 g/mol. The average Bonchev–Trinajstić information content (AvgIpc) is 2.88. The van der Waals surface area contributed by atoms with E-state index in [4.69, 9.17) is 24.5 Å². The van der Waals surface area contributed by atoms with Crippen LogP contribution in [0.4, 0.5) is 5.69 Å². The van der Waals surface area contributed by atoms with Crippen molar-refractivity contribution < 1.29 is 34.4 Å². The molecule has 33 heavy (non-hydrogen) atoms. The van der Waals surface area contributed by atoms with Gasteiger partial charge in [0, 0.05) is 17.5 Å². The second-order valence-corrected chi connectivity index (χ2v) is 8.84. The van der Waals surface area contributed by atoms with Gasteiger partial charge in [0.25, 0.3) is 5.91 Å². The van der Waals surface area contributed by atoms with Crippen LogP contribution in [0.2, 0.25) is 0 Å². The Kier molecular flexibility index (Phi) is 9.27. The van der Waals surface area contributed by atoms with Crippen molar-refractivity contribution >= 4 is 35.3 Å². The van der Waals surface area contributed by atoms with Crippen LogP contribution >= 0.6 is 11.8 Å². The molecule has 0 spiro atoms. The standard InChI is InChI=1S/C21H26N2O3S.C2H2O4/c1-14(13-22(2)3)23-17-7-5-6-8-18(17)27-20(19(24)21(23)25)15-9-11-16(26-4)12-10-15;3-1(4)2(5)6/h5-12,14,19-20,24H,13H2,1-4H3;(H,3,4)(H,5,6). The van der Waals surface area contributed by atoms with E-state index >= 15 is 0 Å². The van der Waals surface area contributed by atoms with E-state index in [1.54, 1.807) is 12.0 Å². The van der Waals surface area contributed by atoms with Crippen LogP contribution in [0.15, 0.2) is 53.4 Å². The van der Waals surface area contributed by atoms with E-state index < -0.39 is 18.0 Å².